The zero-order valence-corrected chi connectivity index (χ0v) is 14.7. The lowest BCUT2D eigenvalue weighted by molar-refractivity contribution is -0.116. The zero-order valence-electron chi connectivity index (χ0n) is 13.1. The first-order chi connectivity index (χ1) is 10.7. The number of halogens is 1. The van der Waals surface area contributed by atoms with Crippen LogP contribution in [-0.4, -0.2) is 20.0 Å². The van der Waals surface area contributed by atoms with Gasteiger partial charge in [0.25, 0.3) is 0 Å². The number of hydrogen-bond donors (Lipinski definition) is 2. The highest BCUT2D eigenvalue weighted by Crippen LogP contribution is 2.21. The van der Waals surface area contributed by atoms with Crippen molar-refractivity contribution in [3.05, 3.63) is 40.1 Å². The highest BCUT2D eigenvalue weighted by molar-refractivity contribution is 7.88. The molecule has 1 heterocycles. The van der Waals surface area contributed by atoms with Gasteiger partial charge in [0.05, 0.1) is 5.71 Å². The Morgan fingerprint density at radius 3 is 2.61 bits per heavy atom. The molecule has 1 aromatic rings. The van der Waals surface area contributed by atoms with Gasteiger partial charge in [-0.15, -0.1) is 4.40 Å². The number of nitrogens with zero attached hydrogens (tertiary/aromatic N) is 1. The summed E-state index contributed by atoms with van der Waals surface area (Å²) in [4.78, 5) is 12.0. The minimum absolute atomic E-state index is 0.175. The predicted molar refractivity (Wildman–Crippen MR) is 91.9 cm³/mol. The molecule has 0 spiro atoms. The molecule has 6 nitrogen and oxygen atoms in total. The monoisotopic (exact) mass is 355 g/mol. The van der Waals surface area contributed by atoms with Gasteiger partial charge in [0.2, 0.25) is 5.91 Å². The normalized spacial score (nSPS) is 16.6. The van der Waals surface area contributed by atoms with E-state index < -0.39 is 10.2 Å². The predicted octanol–water partition coefficient (Wildman–Crippen LogP) is 2.95. The molecule has 1 amide bonds. The van der Waals surface area contributed by atoms with Crippen molar-refractivity contribution in [2.45, 2.75) is 33.6 Å². The number of benzene rings is 1. The van der Waals surface area contributed by atoms with E-state index in [0.29, 0.717) is 28.5 Å². The van der Waals surface area contributed by atoms with Crippen LogP contribution in [0.4, 0.5) is 5.69 Å². The summed E-state index contributed by atoms with van der Waals surface area (Å²) in [5.74, 6) is -0.175. The number of hydrogen-bond acceptors (Lipinski definition) is 3. The summed E-state index contributed by atoms with van der Waals surface area (Å²) in [6.07, 6.45) is 0.613. The average molecular weight is 356 g/mol. The summed E-state index contributed by atoms with van der Waals surface area (Å²) >= 11 is 6.02. The van der Waals surface area contributed by atoms with Gasteiger partial charge in [-0.25, -0.2) is 0 Å². The number of aryl methyl sites for hydroxylation is 1. The number of amides is 1. The van der Waals surface area contributed by atoms with Crippen LogP contribution in [0.3, 0.4) is 0 Å². The smallest absolute Gasteiger partial charge is 0.326 e. The van der Waals surface area contributed by atoms with Gasteiger partial charge in [0, 0.05) is 22.8 Å². The third kappa shape index (κ3) is 4.56. The highest BCUT2D eigenvalue weighted by atomic mass is 35.5. The molecule has 1 aliphatic heterocycles. The lowest BCUT2D eigenvalue weighted by Crippen LogP contribution is -2.28. The molecule has 124 valence electrons. The van der Waals surface area contributed by atoms with Crippen LogP contribution in [0.2, 0.25) is 5.02 Å². The van der Waals surface area contributed by atoms with Gasteiger partial charge >= 0.3 is 10.2 Å². The maximum absolute atomic E-state index is 12.0. The summed E-state index contributed by atoms with van der Waals surface area (Å²) in [6, 6.07) is 5.31. The Hall–Kier alpha value is -1.86. The Morgan fingerprint density at radius 1 is 1.30 bits per heavy atom. The van der Waals surface area contributed by atoms with Crippen LogP contribution in [0, 0.1) is 6.92 Å². The van der Waals surface area contributed by atoms with Gasteiger partial charge in [-0.05, 0) is 50.5 Å². The van der Waals surface area contributed by atoms with Gasteiger partial charge in [0.15, 0.2) is 0 Å². The number of rotatable bonds is 4. The minimum atomic E-state index is -3.65. The van der Waals surface area contributed by atoms with Crippen LogP contribution in [0.5, 0.6) is 0 Å². The molecule has 0 fully saturated rings. The molecule has 0 atom stereocenters. The fourth-order valence-electron chi connectivity index (χ4n) is 2.29. The Balaban J connectivity index is 1.99. The Morgan fingerprint density at radius 2 is 2.00 bits per heavy atom. The van der Waals surface area contributed by atoms with Crippen LogP contribution >= 0.6 is 11.6 Å². The van der Waals surface area contributed by atoms with Gasteiger partial charge in [-0.1, -0.05) is 17.7 Å². The van der Waals surface area contributed by atoms with Gasteiger partial charge in [0.1, 0.15) is 0 Å². The van der Waals surface area contributed by atoms with Gasteiger partial charge in [-0.3, -0.25) is 9.52 Å². The molecule has 0 radical (unpaired) electrons. The number of anilines is 1. The van der Waals surface area contributed by atoms with E-state index in [1.54, 1.807) is 26.0 Å². The van der Waals surface area contributed by atoms with Crippen molar-refractivity contribution in [1.82, 2.24) is 4.72 Å². The third-order valence-corrected chi connectivity index (χ3v) is 4.97. The minimum Gasteiger partial charge on any atom is -0.326 e. The lowest BCUT2D eigenvalue weighted by atomic mass is 10.0. The lowest BCUT2D eigenvalue weighted by Gasteiger charge is -2.17. The van der Waals surface area contributed by atoms with Crippen molar-refractivity contribution < 1.29 is 13.2 Å². The van der Waals surface area contributed by atoms with Gasteiger partial charge in [-0.2, -0.15) is 8.42 Å². The number of carbonyl (C=O) groups excluding carboxylic acids is 1. The number of allylic oxidation sites excluding steroid dienone is 2. The molecule has 0 saturated carbocycles. The second kappa shape index (κ2) is 6.72. The number of nitrogens with one attached hydrogen (secondary N) is 2. The Bertz CT molecular complexity index is 813. The van der Waals surface area contributed by atoms with Crippen molar-refractivity contribution in [3.8, 4) is 0 Å². The molecule has 1 aliphatic rings. The largest absolute Gasteiger partial charge is 0.342 e. The maximum atomic E-state index is 12.0. The molecule has 0 aliphatic carbocycles. The van der Waals surface area contributed by atoms with E-state index in [-0.39, 0.29) is 12.3 Å². The second-order valence-corrected chi connectivity index (χ2v) is 7.11. The molecule has 0 saturated heterocycles. The van der Waals surface area contributed by atoms with Crippen molar-refractivity contribution in [3.63, 3.8) is 0 Å². The summed E-state index contributed by atoms with van der Waals surface area (Å²) in [6.45, 7) is 5.16. The van der Waals surface area contributed by atoms with E-state index in [1.807, 2.05) is 13.0 Å². The Kier molecular flexibility index (Phi) is 5.11. The molecule has 0 unspecified atom stereocenters. The molecular weight excluding hydrogens is 338 g/mol. The summed E-state index contributed by atoms with van der Waals surface area (Å²) < 4.78 is 28.8. The quantitative estimate of drug-likeness (QED) is 0.870. The van der Waals surface area contributed by atoms with Crippen LogP contribution in [0.15, 0.2) is 33.9 Å². The zero-order chi connectivity index (χ0) is 17.2. The first-order valence-corrected chi connectivity index (χ1v) is 8.85. The average Bonchev–Trinajstić information content (AvgIpc) is 2.40. The molecule has 8 heteroatoms. The SMILES string of the molecule is CC1=NS(=O)(=O)NC(C)=C1CCC(=O)Nc1ccc(C)c(Cl)c1. The fourth-order valence-corrected chi connectivity index (χ4v) is 3.49. The molecule has 0 bridgehead atoms. The van der Waals surface area contributed by atoms with Crippen LogP contribution in [-0.2, 0) is 15.0 Å². The summed E-state index contributed by atoms with van der Waals surface area (Å²) in [7, 11) is -3.65. The molecule has 0 aromatic heterocycles. The first-order valence-electron chi connectivity index (χ1n) is 7.03. The molecule has 2 N–H and O–H groups in total. The summed E-state index contributed by atoms with van der Waals surface area (Å²) in [5, 5.41) is 3.36. The topological polar surface area (TPSA) is 87.6 Å². The van der Waals surface area contributed by atoms with Crippen molar-refractivity contribution in [2.75, 3.05) is 5.32 Å². The van der Waals surface area contributed by atoms with E-state index in [4.69, 9.17) is 11.6 Å². The summed E-state index contributed by atoms with van der Waals surface area (Å²) in [5.41, 5.74) is 3.21. The first kappa shape index (κ1) is 17.5. The van der Waals surface area contributed by atoms with E-state index >= 15 is 0 Å². The fraction of sp³-hybridized carbons (Fsp3) is 0.333. The van der Waals surface area contributed by atoms with Gasteiger partial charge < -0.3 is 5.32 Å². The third-order valence-electron chi connectivity index (χ3n) is 3.49. The van der Waals surface area contributed by atoms with Crippen LogP contribution in [0.1, 0.15) is 32.3 Å². The van der Waals surface area contributed by atoms with E-state index in [9.17, 15) is 13.2 Å². The maximum Gasteiger partial charge on any atom is 0.342 e. The van der Waals surface area contributed by atoms with E-state index in [1.165, 1.54) is 0 Å². The Labute approximate surface area is 140 Å². The molecular formula is C15H18ClN3O3S. The second-order valence-electron chi connectivity index (χ2n) is 5.37. The standard InChI is InChI=1S/C15H18ClN3O3S/c1-9-4-5-12(8-14(9)16)17-15(20)7-6-13-10(2)18-23(21,22)19-11(13)3/h4-5,8,18H,6-7H2,1-3H3,(H,17,20). The highest BCUT2D eigenvalue weighted by Gasteiger charge is 2.20. The molecule has 2 rings (SSSR count). The van der Waals surface area contributed by atoms with Crippen molar-refractivity contribution in [1.29, 1.82) is 0 Å². The number of carbonyl (C=O) groups is 1. The van der Waals surface area contributed by atoms with Crippen LogP contribution in [0.25, 0.3) is 0 Å². The van der Waals surface area contributed by atoms with Crippen LogP contribution < -0.4 is 10.0 Å². The van der Waals surface area contributed by atoms with Crippen molar-refractivity contribution >= 4 is 39.1 Å². The van der Waals surface area contributed by atoms with E-state index in [2.05, 4.69) is 14.4 Å². The van der Waals surface area contributed by atoms with E-state index in [0.717, 1.165) is 11.1 Å². The molecule has 23 heavy (non-hydrogen) atoms. The van der Waals surface area contributed by atoms with Crippen molar-refractivity contribution in [2.24, 2.45) is 4.40 Å². The molecule has 1 aromatic carbocycles.